The number of aromatic nitrogens is 1. The molecule has 0 N–H and O–H groups in total. The van der Waals surface area contributed by atoms with Gasteiger partial charge in [-0.3, -0.25) is 19.3 Å². The Labute approximate surface area is 227 Å². The molecule has 0 saturated heterocycles. The van der Waals surface area contributed by atoms with Crippen LogP contribution in [0.2, 0.25) is 0 Å². The molecule has 0 radical (unpaired) electrons. The summed E-state index contributed by atoms with van der Waals surface area (Å²) in [5.41, 5.74) is 2.94. The molecular formula is C31H23N3O4S. The van der Waals surface area contributed by atoms with Gasteiger partial charge in [0.2, 0.25) is 5.76 Å². The van der Waals surface area contributed by atoms with Crippen LogP contribution in [0.15, 0.2) is 76.5 Å². The van der Waals surface area contributed by atoms with Gasteiger partial charge < -0.3 is 9.32 Å². The lowest BCUT2D eigenvalue weighted by molar-refractivity contribution is -0.121. The van der Waals surface area contributed by atoms with Crippen LogP contribution >= 0.6 is 11.3 Å². The van der Waals surface area contributed by atoms with Gasteiger partial charge >= 0.3 is 0 Å². The van der Waals surface area contributed by atoms with Crippen molar-refractivity contribution >= 4 is 55.2 Å². The molecule has 5 aromatic rings. The fourth-order valence-corrected chi connectivity index (χ4v) is 6.96. The van der Waals surface area contributed by atoms with Crippen LogP contribution in [0.3, 0.4) is 0 Å². The van der Waals surface area contributed by atoms with E-state index in [4.69, 9.17) is 9.40 Å². The van der Waals surface area contributed by atoms with E-state index >= 15 is 0 Å². The zero-order valence-electron chi connectivity index (χ0n) is 21.6. The molecule has 2 amide bonds. The largest absolute Gasteiger partial charge is 0.450 e. The number of amides is 2. The van der Waals surface area contributed by atoms with Gasteiger partial charge in [-0.05, 0) is 67.8 Å². The molecule has 0 aliphatic carbocycles. The molecule has 192 valence electrons. The van der Waals surface area contributed by atoms with Crippen molar-refractivity contribution in [2.24, 2.45) is 0 Å². The average molecular weight is 534 g/mol. The number of benzene rings is 3. The summed E-state index contributed by atoms with van der Waals surface area (Å²) in [7, 11) is 0. The third-order valence-corrected chi connectivity index (χ3v) is 8.78. The molecule has 7 rings (SSSR count). The molecule has 0 saturated carbocycles. The SMILES string of the molecule is C=CCN1C(=O)C2(c3ccccc31)c1c(oc3cc(C)c(C)cc3c1=O)C(=O)N2c1nc2ccc(C)cc2s1. The Morgan fingerprint density at radius 2 is 1.79 bits per heavy atom. The van der Waals surface area contributed by atoms with Crippen molar-refractivity contribution in [2.75, 3.05) is 16.3 Å². The summed E-state index contributed by atoms with van der Waals surface area (Å²) in [6.45, 7) is 9.87. The summed E-state index contributed by atoms with van der Waals surface area (Å²) in [4.78, 5) is 51.1. The highest BCUT2D eigenvalue weighted by Gasteiger charge is 2.66. The Bertz CT molecular complexity index is 1990. The topological polar surface area (TPSA) is 83.7 Å². The Morgan fingerprint density at radius 1 is 1.03 bits per heavy atom. The van der Waals surface area contributed by atoms with Gasteiger partial charge in [0, 0.05) is 12.1 Å². The molecule has 0 fully saturated rings. The van der Waals surface area contributed by atoms with Crippen LogP contribution in [-0.4, -0.2) is 23.3 Å². The molecule has 4 heterocycles. The van der Waals surface area contributed by atoms with E-state index in [0.717, 1.165) is 21.4 Å². The summed E-state index contributed by atoms with van der Waals surface area (Å²) >= 11 is 1.31. The second-order valence-corrected chi connectivity index (χ2v) is 11.1. The molecule has 2 aliphatic rings. The first-order valence-electron chi connectivity index (χ1n) is 12.6. The molecule has 8 heteroatoms. The third-order valence-electron chi connectivity index (χ3n) is 7.78. The number of para-hydroxylation sites is 1. The predicted octanol–water partition coefficient (Wildman–Crippen LogP) is 5.76. The molecular weight excluding hydrogens is 510 g/mol. The molecule has 1 atom stereocenters. The Kier molecular flexibility index (Phi) is 4.81. The Morgan fingerprint density at radius 3 is 2.59 bits per heavy atom. The van der Waals surface area contributed by atoms with Crippen molar-refractivity contribution < 1.29 is 14.0 Å². The number of carbonyl (C=O) groups excluding carboxylic acids is 2. The van der Waals surface area contributed by atoms with Crippen LogP contribution in [-0.2, 0) is 10.3 Å². The van der Waals surface area contributed by atoms with Crippen molar-refractivity contribution in [1.29, 1.82) is 0 Å². The van der Waals surface area contributed by atoms with Crippen LogP contribution in [0.1, 0.15) is 38.4 Å². The number of nitrogens with zero attached hydrogens (tertiary/aromatic N) is 3. The fourth-order valence-electron chi connectivity index (χ4n) is 5.84. The number of fused-ring (bicyclic) bond motifs is 6. The van der Waals surface area contributed by atoms with Gasteiger partial charge in [-0.2, -0.15) is 0 Å². The predicted molar refractivity (Wildman–Crippen MR) is 153 cm³/mol. The number of rotatable bonds is 3. The van der Waals surface area contributed by atoms with Crippen molar-refractivity contribution in [3.05, 3.63) is 111 Å². The lowest BCUT2D eigenvalue weighted by Crippen LogP contribution is -2.53. The normalized spacial score (nSPS) is 18.0. The van der Waals surface area contributed by atoms with E-state index in [0.29, 0.717) is 32.9 Å². The second-order valence-electron chi connectivity index (χ2n) is 10.1. The van der Waals surface area contributed by atoms with Crippen LogP contribution in [0.5, 0.6) is 0 Å². The fraction of sp³-hybridized carbons (Fsp3) is 0.161. The lowest BCUT2D eigenvalue weighted by atomic mass is 9.84. The maximum absolute atomic E-state index is 14.6. The number of thiazole rings is 1. The van der Waals surface area contributed by atoms with Crippen LogP contribution in [0.25, 0.3) is 21.2 Å². The standard InChI is InChI=1S/C31H23N3O4S/c1-5-12-33-22-9-7-6-8-20(22)31(29(33)37)25-26(35)19-14-17(3)18(4)15-23(19)38-27(25)28(36)34(31)30-32-21-11-10-16(2)13-24(21)39-30/h5-11,13-15H,1,12H2,2-4H3. The van der Waals surface area contributed by atoms with Gasteiger partial charge in [-0.25, -0.2) is 4.98 Å². The molecule has 1 spiro atoms. The van der Waals surface area contributed by atoms with Gasteiger partial charge in [-0.15, -0.1) is 6.58 Å². The van der Waals surface area contributed by atoms with Gasteiger partial charge in [0.25, 0.3) is 11.8 Å². The first kappa shape index (κ1) is 23.5. The highest BCUT2D eigenvalue weighted by atomic mass is 32.1. The van der Waals surface area contributed by atoms with E-state index in [1.54, 1.807) is 29.2 Å². The Balaban J connectivity index is 1.63. The molecule has 7 nitrogen and oxygen atoms in total. The van der Waals surface area contributed by atoms with E-state index in [1.807, 2.05) is 57.2 Å². The summed E-state index contributed by atoms with van der Waals surface area (Å²) in [6.07, 6.45) is 1.63. The summed E-state index contributed by atoms with van der Waals surface area (Å²) in [5, 5.41) is 0.657. The maximum atomic E-state index is 14.6. The summed E-state index contributed by atoms with van der Waals surface area (Å²) in [5.74, 6) is -1.11. The van der Waals surface area contributed by atoms with Gasteiger partial charge in [0.1, 0.15) is 5.58 Å². The Hall–Kier alpha value is -4.56. The minimum absolute atomic E-state index is 0.0303. The van der Waals surface area contributed by atoms with Crippen molar-refractivity contribution in [3.8, 4) is 0 Å². The summed E-state index contributed by atoms with van der Waals surface area (Å²) < 4.78 is 7.09. The number of anilines is 2. The van der Waals surface area contributed by atoms with Gasteiger partial charge in [0.05, 0.1) is 26.9 Å². The van der Waals surface area contributed by atoms with Gasteiger partial charge in [-0.1, -0.05) is 41.7 Å². The third kappa shape index (κ3) is 2.92. The van der Waals surface area contributed by atoms with E-state index in [-0.39, 0.29) is 17.9 Å². The van der Waals surface area contributed by atoms with E-state index < -0.39 is 22.8 Å². The monoisotopic (exact) mass is 533 g/mol. The van der Waals surface area contributed by atoms with Crippen molar-refractivity contribution in [1.82, 2.24) is 4.98 Å². The smallest absolute Gasteiger partial charge is 0.297 e. The molecule has 3 aromatic carbocycles. The first-order chi connectivity index (χ1) is 18.8. The average Bonchev–Trinajstić information content (AvgIpc) is 3.51. The van der Waals surface area contributed by atoms with Crippen molar-refractivity contribution in [3.63, 3.8) is 0 Å². The molecule has 39 heavy (non-hydrogen) atoms. The maximum Gasteiger partial charge on any atom is 0.297 e. The van der Waals surface area contributed by atoms with Crippen molar-refractivity contribution in [2.45, 2.75) is 26.3 Å². The molecule has 2 aromatic heterocycles. The van der Waals surface area contributed by atoms with Crippen LogP contribution < -0.4 is 15.2 Å². The quantitative estimate of drug-likeness (QED) is 0.275. The zero-order chi connectivity index (χ0) is 27.2. The summed E-state index contributed by atoms with van der Waals surface area (Å²) in [6, 6.07) is 16.6. The highest BCUT2D eigenvalue weighted by molar-refractivity contribution is 7.22. The number of aryl methyl sites for hydroxylation is 3. The number of hydrogen-bond donors (Lipinski definition) is 0. The van der Waals surface area contributed by atoms with Gasteiger partial charge in [0.15, 0.2) is 16.1 Å². The van der Waals surface area contributed by atoms with Crippen LogP contribution in [0, 0.1) is 20.8 Å². The zero-order valence-corrected chi connectivity index (χ0v) is 22.4. The van der Waals surface area contributed by atoms with E-state index in [9.17, 15) is 14.4 Å². The van der Waals surface area contributed by atoms with E-state index in [2.05, 4.69) is 6.58 Å². The number of carbonyl (C=O) groups is 2. The van der Waals surface area contributed by atoms with E-state index in [1.165, 1.54) is 16.2 Å². The number of hydrogen-bond acceptors (Lipinski definition) is 6. The second kappa shape index (κ2) is 7.97. The minimum atomic E-state index is -1.76. The lowest BCUT2D eigenvalue weighted by Gasteiger charge is -2.32. The minimum Gasteiger partial charge on any atom is -0.450 e. The molecule has 2 aliphatic heterocycles. The first-order valence-corrected chi connectivity index (χ1v) is 13.4. The molecule has 1 unspecified atom stereocenters. The van der Waals surface area contributed by atoms with Crippen LogP contribution in [0.4, 0.5) is 10.8 Å². The molecule has 0 bridgehead atoms. The highest BCUT2D eigenvalue weighted by Crippen LogP contribution is 2.54.